The molecule has 0 radical (unpaired) electrons. The van der Waals surface area contributed by atoms with Gasteiger partial charge in [-0.15, -0.1) is 0 Å². The molecule has 0 unspecified atom stereocenters. The van der Waals surface area contributed by atoms with Crippen LogP contribution in [0.25, 0.3) is 0 Å². The molecule has 154 valence electrons. The molecule has 4 rings (SSSR count). The molecule has 2 aromatic carbocycles. The summed E-state index contributed by atoms with van der Waals surface area (Å²) in [7, 11) is 0. The lowest BCUT2D eigenvalue weighted by Crippen LogP contribution is -2.45. The van der Waals surface area contributed by atoms with E-state index in [-0.39, 0.29) is 5.91 Å². The van der Waals surface area contributed by atoms with Gasteiger partial charge in [-0.05, 0) is 48.6 Å². The summed E-state index contributed by atoms with van der Waals surface area (Å²) in [5.74, 6) is 0.435. The minimum atomic E-state index is -0.448. The summed E-state index contributed by atoms with van der Waals surface area (Å²) in [5.41, 5.74) is 2.17. The monoisotopic (exact) mass is 404 g/mol. The lowest BCUT2D eigenvalue weighted by molar-refractivity contribution is 0.102. The fourth-order valence-electron chi connectivity index (χ4n) is 3.68. The van der Waals surface area contributed by atoms with Gasteiger partial charge in [0.2, 0.25) is 0 Å². The second-order valence-electron chi connectivity index (χ2n) is 7.80. The van der Waals surface area contributed by atoms with Crippen molar-refractivity contribution in [2.75, 3.05) is 28.6 Å². The van der Waals surface area contributed by atoms with Crippen molar-refractivity contribution >= 4 is 23.0 Å². The predicted molar refractivity (Wildman–Crippen MR) is 118 cm³/mol. The highest BCUT2D eigenvalue weighted by Crippen LogP contribution is 2.26. The summed E-state index contributed by atoms with van der Waals surface area (Å²) in [6, 6.07) is 10.7. The number of piperidine rings is 1. The van der Waals surface area contributed by atoms with Gasteiger partial charge in [0, 0.05) is 31.4 Å². The Bertz CT molecular complexity index is 1090. The van der Waals surface area contributed by atoms with E-state index in [1.54, 1.807) is 36.7 Å². The lowest BCUT2D eigenvalue weighted by Gasteiger charge is -2.33. The smallest absolute Gasteiger partial charge is 0.255 e. The van der Waals surface area contributed by atoms with Crippen LogP contribution in [0, 0.1) is 5.92 Å². The molecule has 0 aliphatic carbocycles. The first-order valence-corrected chi connectivity index (χ1v) is 10.2. The Morgan fingerprint density at radius 3 is 2.50 bits per heavy atom. The molecule has 1 amide bonds. The fraction of sp³-hybridized carbons (Fsp3) is 0.304. The van der Waals surface area contributed by atoms with Gasteiger partial charge in [0.25, 0.3) is 16.8 Å². The van der Waals surface area contributed by atoms with Crippen LogP contribution in [-0.2, 0) is 6.54 Å². The number of hydrogen-bond acceptors (Lipinski definition) is 6. The molecule has 1 aliphatic rings. The average Bonchev–Trinajstić information content (AvgIpc) is 2.78. The van der Waals surface area contributed by atoms with Crippen molar-refractivity contribution in [3.63, 3.8) is 0 Å². The summed E-state index contributed by atoms with van der Waals surface area (Å²) in [4.78, 5) is 42.5. The van der Waals surface area contributed by atoms with Crippen LogP contribution in [-0.4, -0.2) is 24.0 Å². The number of amides is 1. The van der Waals surface area contributed by atoms with Crippen molar-refractivity contribution in [1.82, 2.24) is 4.98 Å². The number of benzene rings is 1. The summed E-state index contributed by atoms with van der Waals surface area (Å²) in [6.07, 6.45) is 5.29. The predicted octanol–water partition coefficient (Wildman–Crippen LogP) is 2.78. The van der Waals surface area contributed by atoms with Gasteiger partial charge in [0.1, 0.15) is 11.4 Å². The number of nitrogens with one attached hydrogen (secondary N) is 2. The van der Waals surface area contributed by atoms with Gasteiger partial charge in [-0.25, -0.2) is 0 Å². The second kappa shape index (κ2) is 8.49. The molecule has 2 heterocycles. The first kappa shape index (κ1) is 19.8. The van der Waals surface area contributed by atoms with E-state index in [1.165, 1.54) is 0 Å². The number of aromatic nitrogens is 1. The highest BCUT2D eigenvalue weighted by molar-refractivity contribution is 6.04. The first-order chi connectivity index (χ1) is 14.5. The molecule has 1 saturated heterocycles. The second-order valence-corrected chi connectivity index (χ2v) is 7.80. The Labute approximate surface area is 174 Å². The summed E-state index contributed by atoms with van der Waals surface area (Å²) < 4.78 is 0. The van der Waals surface area contributed by atoms with Gasteiger partial charge in [0.15, 0.2) is 0 Å². The normalized spacial score (nSPS) is 14.6. The molecule has 30 heavy (non-hydrogen) atoms. The van der Waals surface area contributed by atoms with E-state index in [0.29, 0.717) is 35.1 Å². The van der Waals surface area contributed by atoms with Crippen LogP contribution in [0.5, 0.6) is 0 Å². The largest absolute Gasteiger partial charge is 0.376 e. The minimum absolute atomic E-state index is 0.216. The molecular formula is C23H24N4O3. The summed E-state index contributed by atoms with van der Waals surface area (Å²) in [5, 5.41) is 5.91. The van der Waals surface area contributed by atoms with Gasteiger partial charge >= 0.3 is 0 Å². The quantitative estimate of drug-likeness (QED) is 0.614. The van der Waals surface area contributed by atoms with Crippen molar-refractivity contribution < 1.29 is 4.79 Å². The van der Waals surface area contributed by atoms with Crippen LogP contribution in [0.15, 0.2) is 58.4 Å². The molecule has 7 heteroatoms. The third-order valence-corrected chi connectivity index (χ3v) is 5.59. The lowest BCUT2D eigenvalue weighted by atomic mass is 9.98. The molecule has 1 aliphatic heterocycles. The van der Waals surface area contributed by atoms with E-state index in [0.717, 1.165) is 31.5 Å². The SMILES string of the molecule is CC1CCN(c2c(NCc3ccc(C(=O)Nc4cccnc4)cc3)c(=O)c2=O)CC1. The molecule has 7 nitrogen and oxygen atoms in total. The molecule has 1 fully saturated rings. The number of carbonyl (C=O) groups is 1. The highest BCUT2D eigenvalue weighted by Gasteiger charge is 2.28. The van der Waals surface area contributed by atoms with Gasteiger partial charge in [-0.2, -0.15) is 0 Å². The van der Waals surface area contributed by atoms with Crippen molar-refractivity contribution in [2.24, 2.45) is 5.92 Å². The molecule has 0 bridgehead atoms. The zero-order valence-electron chi connectivity index (χ0n) is 16.9. The van der Waals surface area contributed by atoms with Crippen LogP contribution >= 0.6 is 0 Å². The molecule has 0 saturated carbocycles. The Kier molecular flexibility index (Phi) is 5.61. The Morgan fingerprint density at radius 1 is 1.10 bits per heavy atom. The third-order valence-electron chi connectivity index (χ3n) is 5.59. The van der Waals surface area contributed by atoms with Gasteiger partial charge in [0.05, 0.1) is 11.9 Å². The molecule has 2 N–H and O–H groups in total. The molecule has 0 spiro atoms. The average molecular weight is 404 g/mol. The van der Waals surface area contributed by atoms with Gasteiger partial charge in [-0.3, -0.25) is 19.4 Å². The minimum Gasteiger partial charge on any atom is -0.376 e. The van der Waals surface area contributed by atoms with E-state index >= 15 is 0 Å². The van der Waals surface area contributed by atoms with Crippen LogP contribution in [0.1, 0.15) is 35.7 Å². The fourth-order valence-corrected chi connectivity index (χ4v) is 3.68. The topological polar surface area (TPSA) is 91.4 Å². The van der Waals surface area contributed by atoms with Crippen molar-refractivity contribution in [3.05, 3.63) is 80.4 Å². The van der Waals surface area contributed by atoms with E-state index < -0.39 is 10.9 Å². The number of pyridine rings is 1. The highest BCUT2D eigenvalue weighted by atomic mass is 16.2. The van der Waals surface area contributed by atoms with Crippen molar-refractivity contribution in [3.8, 4) is 0 Å². The van der Waals surface area contributed by atoms with Crippen molar-refractivity contribution in [1.29, 1.82) is 0 Å². The van der Waals surface area contributed by atoms with Crippen LogP contribution in [0.2, 0.25) is 0 Å². The third kappa shape index (κ3) is 4.10. The summed E-state index contributed by atoms with van der Waals surface area (Å²) in [6.45, 7) is 4.23. The molecule has 1 aromatic heterocycles. The molecule has 0 atom stereocenters. The number of anilines is 3. The van der Waals surface area contributed by atoms with Crippen LogP contribution in [0.3, 0.4) is 0 Å². The Hall–Kier alpha value is -3.48. The molecular weight excluding hydrogens is 380 g/mol. The Balaban J connectivity index is 1.38. The van der Waals surface area contributed by atoms with Crippen LogP contribution in [0.4, 0.5) is 17.1 Å². The number of nitrogens with zero attached hydrogens (tertiary/aromatic N) is 2. The van der Waals surface area contributed by atoms with E-state index in [2.05, 4.69) is 22.5 Å². The zero-order chi connectivity index (χ0) is 21.1. The maximum atomic E-state index is 12.3. The van der Waals surface area contributed by atoms with Crippen molar-refractivity contribution in [2.45, 2.75) is 26.3 Å². The Morgan fingerprint density at radius 2 is 1.83 bits per heavy atom. The maximum absolute atomic E-state index is 12.3. The standard InChI is InChI=1S/C23H24N4O3/c1-15-8-11-27(12-9-15)20-19(21(28)22(20)29)25-13-16-4-6-17(7-5-16)23(30)26-18-3-2-10-24-14-18/h2-7,10,14-15,25H,8-9,11-13H2,1H3,(H,26,30). The van der Waals surface area contributed by atoms with E-state index in [9.17, 15) is 14.4 Å². The van der Waals surface area contributed by atoms with E-state index in [4.69, 9.17) is 0 Å². The van der Waals surface area contributed by atoms with Gasteiger partial charge < -0.3 is 15.5 Å². The number of hydrogen-bond donors (Lipinski definition) is 2. The number of rotatable bonds is 6. The first-order valence-electron chi connectivity index (χ1n) is 10.2. The van der Waals surface area contributed by atoms with Crippen LogP contribution < -0.4 is 26.4 Å². The zero-order valence-corrected chi connectivity index (χ0v) is 16.9. The molecule has 3 aromatic rings. The maximum Gasteiger partial charge on any atom is 0.255 e. The summed E-state index contributed by atoms with van der Waals surface area (Å²) >= 11 is 0. The van der Waals surface area contributed by atoms with E-state index in [1.807, 2.05) is 17.0 Å². The number of carbonyl (C=O) groups excluding carboxylic acids is 1. The van der Waals surface area contributed by atoms with Gasteiger partial charge in [-0.1, -0.05) is 19.1 Å².